The highest BCUT2D eigenvalue weighted by molar-refractivity contribution is 7.17. The summed E-state index contributed by atoms with van der Waals surface area (Å²) >= 11 is 0.754. The largest absolute Gasteiger partial charge is 0.477 e. The minimum absolute atomic E-state index is 0.260. The number of nitrogens with zero attached hydrogens (tertiary/aromatic N) is 2. The van der Waals surface area contributed by atoms with Gasteiger partial charge in [0, 0.05) is 18.0 Å². The van der Waals surface area contributed by atoms with E-state index in [1.165, 1.54) is 12.4 Å². The number of alkyl halides is 2. The molecule has 0 fully saturated rings. The van der Waals surface area contributed by atoms with E-state index in [4.69, 9.17) is 5.11 Å². The third-order valence-electron chi connectivity index (χ3n) is 1.90. The van der Waals surface area contributed by atoms with E-state index < -0.39 is 18.5 Å². The van der Waals surface area contributed by atoms with Gasteiger partial charge in [-0.1, -0.05) is 0 Å². The molecular formula is C10H6F2N2O3S. The van der Waals surface area contributed by atoms with E-state index in [2.05, 4.69) is 14.7 Å². The van der Waals surface area contributed by atoms with E-state index in [9.17, 15) is 13.6 Å². The highest BCUT2D eigenvalue weighted by atomic mass is 32.1. The molecular weight excluding hydrogens is 266 g/mol. The molecule has 0 aliphatic heterocycles. The van der Waals surface area contributed by atoms with Crippen molar-refractivity contribution in [2.45, 2.75) is 6.61 Å². The van der Waals surface area contributed by atoms with Crippen molar-refractivity contribution in [1.82, 2.24) is 9.97 Å². The van der Waals surface area contributed by atoms with Crippen LogP contribution in [-0.2, 0) is 0 Å². The Hall–Kier alpha value is -2.09. The van der Waals surface area contributed by atoms with Crippen molar-refractivity contribution in [1.29, 1.82) is 0 Å². The first kappa shape index (κ1) is 12.4. The molecule has 0 unspecified atom stereocenters. The van der Waals surface area contributed by atoms with Crippen LogP contribution in [0.15, 0.2) is 24.5 Å². The number of aromatic nitrogens is 2. The van der Waals surface area contributed by atoms with Gasteiger partial charge in [0.05, 0.1) is 0 Å². The molecule has 2 heterocycles. The highest BCUT2D eigenvalue weighted by Crippen LogP contribution is 2.32. The molecule has 0 aliphatic rings. The fourth-order valence-corrected chi connectivity index (χ4v) is 2.05. The molecule has 0 atom stereocenters. The topological polar surface area (TPSA) is 72.3 Å². The second-order valence-corrected chi connectivity index (χ2v) is 4.08. The van der Waals surface area contributed by atoms with Crippen molar-refractivity contribution in [3.8, 4) is 16.5 Å². The zero-order valence-electron chi connectivity index (χ0n) is 8.71. The maximum absolute atomic E-state index is 12.1. The van der Waals surface area contributed by atoms with Crippen molar-refractivity contribution >= 4 is 17.3 Å². The second-order valence-electron chi connectivity index (χ2n) is 3.08. The first-order valence-corrected chi connectivity index (χ1v) is 5.49. The molecule has 0 aromatic carbocycles. The van der Waals surface area contributed by atoms with Gasteiger partial charge in [-0.2, -0.15) is 8.78 Å². The van der Waals surface area contributed by atoms with E-state index in [1.807, 2.05) is 0 Å². The van der Waals surface area contributed by atoms with E-state index in [0.717, 1.165) is 11.3 Å². The predicted octanol–water partition coefficient (Wildman–Crippen LogP) is 2.50. The number of hydrogen-bond acceptors (Lipinski definition) is 5. The summed E-state index contributed by atoms with van der Waals surface area (Å²) < 4.78 is 28.3. The van der Waals surface area contributed by atoms with Crippen LogP contribution in [0.2, 0.25) is 0 Å². The van der Waals surface area contributed by atoms with E-state index in [0.29, 0.717) is 5.56 Å². The zero-order valence-corrected chi connectivity index (χ0v) is 9.53. The van der Waals surface area contributed by atoms with E-state index >= 15 is 0 Å². The van der Waals surface area contributed by atoms with Gasteiger partial charge in [-0.3, -0.25) is 4.98 Å². The molecule has 0 amide bonds. The lowest BCUT2D eigenvalue weighted by Crippen LogP contribution is -2.06. The third kappa shape index (κ3) is 2.59. The van der Waals surface area contributed by atoms with Crippen molar-refractivity contribution in [2.75, 3.05) is 0 Å². The van der Waals surface area contributed by atoms with Crippen LogP contribution < -0.4 is 4.74 Å². The van der Waals surface area contributed by atoms with Crippen LogP contribution in [0.25, 0.3) is 10.6 Å². The average Bonchev–Trinajstić information content (AvgIpc) is 2.73. The molecule has 18 heavy (non-hydrogen) atoms. The quantitative estimate of drug-likeness (QED) is 0.925. The number of halogens is 2. The van der Waals surface area contributed by atoms with Gasteiger partial charge in [-0.25, -0.2) is 9.78 Å². The number of pyridine rings is 1. The predicted molar refractivity (Wildman–Crippen MR) is 58.9 cm³/mol. The van der Waals surface area contributed by atoms with E-state index in [-0.39, 0.29) is 9.88 Å². The van der Waals surface area contributed by atoms with Crippen LogP contribution >= 0.6 is 11.3 Å². The summed E-state index contributed by atoms with van der Waals surface area (Å²) in [4.78, 5) is 18.1. The molecule has 1 N–H and O–H groups in total. The summed E-state index contributed by atoms with van der Waals surface area (Å²) in [7, 11) is 0. The SMILES string of the molecule is O=C(O)c1sc(-c2cccnc2)nc1OC(F)F. The van der Waals surface area contributed by atoms with Crippen molar-refractivity contribution in [3.63, 3.8) is 0 Å². The summed E-state index contributed by atoms with van der Waals surface area (Å²) in [5, 5.41) is 9.13. The number of carbonyl (C=O) groups is 1. The lowest BCUT2D eigenvalue weighted by molar-refractivity contribution is -0.0528. The maximum Gasteiger partial charge on any atom is 0.388 e. The molecule has 2 aromatic heterocycles. The summed E-state index contributed by atoms with van der Waals surface area (Å²) in [6.07, 6.45) is 2.99. The molecule has 5 nitrogen and oxygen atoms in total. The van der Waals surface area contributed by atoms with Crippen molar-refractivity contribution in [2.24, 2.45) is 0 Å². The fourth-order valence-electron chi connectivity index (χ4n) is 1.22. The van der Waals surface area contributed by atoms with Crippen LogP contribution in [0, 0.1) is 0 Å². The van der Waals surface area contributed by atoms with Gasteiger partial charge >= 0.3 is 12.6 Å². The van der Waals surface area contributed by atoms with Gasteiger partial charge in [0.25, 0.3) is 0 Å². The summed E-state index contributed by atoms with van der Waals surface area (Å²) in [6, 6.07) is 3.27. The minimum atomic E-state index is -3.12. The first-order chi connectivity index (χ1) is 8.58. The summed E-state index contributed by atoms with van der Waals surface area (Å²) in [6.45, 7) is -3.12. The van der Waals surface area contributed by atoms with E-state index in [1.54, 1.807) is 12.1 Å². The van der Waals surface area contributed by atoms with Crippen molar-refractivity contribution < 1.29 is 23.4 Å². The van der Waals surface area contributed by atoms with Gasteiger partial charge in [-0.15, -0.1) is 11.3 Å². The Morgan fingerprint density at radius 2 is 2.28 bits per heavy atom. The second kappa shape index (κ2) is 5.05. The minimum Gasteiger partial charge on any atom is -0.477 e. The Morgan fingerprint density at radius 3 is 2.83 bits per heavy atom. The number of hydrogen-bond donors (Lipinski definition) is 1. The molecule has 0 aliphatic carbocycles. The maximum atomic E-state index is 12.1. The third-order valence-corrected chi connectivity index (χ3v) is 2.97. The van der Waals surface area contributed by atoms with Crippen LogP contribution in [0.3, 0.4) is 0 Å². The number of aromatic carboxylic acids is 1. The van der Waals surface area contributed by atoms with Crippen LogP contribution in [0.4, 0.5) is 8.78 Å². The molecule has 0 spiro atoms. The molecule has 0 saturated carbocycles. The Balaban J connectivity index is 2.42. The van der Waals surface area contributed by atoms with Crippen molar-refractivity contribution in [3.05, 3.63) is 29.4 Å². The standard InChI is InChI=1S/C10H6F2N2O3S/c11-10(12)17-7-6(9(15)16)18-8(14-7)5-2-1-3-13-4-5/h1-4,10H,(H,15,16). The summed E-state index contributed by atoms with van der Waals surface area (Å²) in [5.74, 6) is -1.94. The van der Waals surface area contributed by atoms with Crippen LogP contribution in [-0.4, -0.2) is 27.7 Å². The number of carboxylic acid groups (broad SMARTS) is 1. The lowest BCUT2D eigenvalue weighted by Gasteiger charge is -2.00. The average molecular weight is 272 g/mol. The molecule has 94 valence electrons. The van der Waals surface area contributed by atoms with Gasteiger partial charge in [-0.05, 0) is 12.1 Å². The first-order valence-electron chi connectivity index (χ1n) is 4.67. The van der Waals surface area contributed by atoms with Gasteiger partial charge in [0.1, 0.15) is 5.01 Å². The lowest BCUT2D eigenvalue weighted by atomic mass is 10.3. The molecule has 8 heteroatoms. The van der Waals surface area contributed by atoms with Gasteiger partial charge in [0.15, 0.2) is 4.88 Å². The van der Waals surface area contributed by atoms with Gasteiger partial charge < -0.3 is 9.84 Å². The number of ether oxygens (including phenoxy) is 1. The van der Waals surface area contributed by atoms with Gasteiger partial charge in [0.2, 0.25) is 5.88 Å². The molecule has 2 aromatic rings. The van der Waals surface area contributed by atoms with Crippen LogP contribution in [0.5, 0.6) is 5.88 Å². The highest BCUT2D eigenvalue weighted by Gasteiger charge is 2.22. The monoisotopic (exact) mass is 272 g/mol. The molecule has 0 bridgehead atoms. The molecule has 2 rings (SSSR count). The normalized spacial score (nSPS) is 10.6. The number of thiazole rings is 1. The molecule has 0 saturated heterocycles. The van der Waals surface area contributed by atoms with Crippen LogP contribution in [0.1, 0.15) is 9.67 Å². The zero-order chi connectivity index (χ0) is 13.1. The Morgan fingerprint density at radius 1 is 1.50 bits per heavy atom. The molecule has 0 radical (unpaired) electrons. The fraction of sp³-hybridized carbons (Fsp3) is 0.100. The smallest absolute Gasteiger partial charge is 0.388 e. The Bertz CT molecular complexity index is 560. The Kier molecular flexibility index (Phi) is 3.47. The summed E-state index contributed by atoms with van der Waals surface area (Å²) in [5.41, 5.74) is 0.536. The Labute approximate surface area is 104 Å². The number of rotatable bonds is 4. The number of carboxylic acids is 1.